The van der Waals surface area contributed by atoms with Gasteiger partial charge in [-0.3, -0.25) is 4.79 Å². The molecule has 3 rings (SSSR count). The number of hydrogen-bond donors (Lipinski definition) is 2. The van der Waals surface area contributed by atoms with Crippen molar-refractivity contribution in [2.24, 2.45) is 5.41 Å². The van der Waals surface area contributed by atoms with Crippen LogP contribution in [-0.2, 0) is 6.61 Å². The Bertz CT molecular complexity index is 1210. The van der Waals surface area contributed by atoms with Crippen LogP contribution < -0.4 is 9.47 Å². The van der Waals surface area contributed by atoms with Gasteiger partial charge in [0.2, 0.25) is 0 Å². The summed E-state index contributed by atoms with van der Waals surface area (Å²) in [5.74, 6) is -0.254. The first-order valence-electron chi connectivity index (χ1n) is 10.7. The van der Waals surface area contributed by atoms with E-state index < -0.39 is 5.97 Å². The lowest BCUT2D eigenvalue weighted by atomic mass is 9.87. The number of nitrogens with zero attached hydrogens (tertiary/aromatic N) is 2. The molecule has 34 heavy (non-hydrogen) atoms. The molecule has 8 nitrogen and oxygen atoms in total. The molecule has 0 bridgehead atoms. The van der Waals surface area contributed by atoms with E-state index in [0.717, 1.165) is 0 Å². The Kier molecular flexibility index (Phi) is 7.20. The van der Waals surface area contributed by atoms with Gasteiger partial charge < -0.3 is 19.7 Å². The molecule has 8 heteroatoms. The van der Waals surface area contributed by atoms with Gasteiger partial charge in [-0.1, -0.05) is 32.9 Å². The van der Waals surface area contributed by atoms with Gasteiger partial charge in [0.05, 0.1) is 12.7 Å². The molecule has 0 radical (unpaired) electrons. The second-order valence-electron chi connectivity index (χ2n) is 9.11. The third-order valence-electron chi connectivity index (χ3n) is 5.20. The molecule has 2 aromatic carbocycles. The molecule has 0 aliphatic carbocycles. The largest absolute Gasteiger partial charge is 0.507 e. The molecular formula is C26H28N2O6. The van der Waals surface area contributed by atoms with E-state index in [1.165, 1.54) is 13.2 Å². The monoisotopic (exact) mass is 464 g/mol. The molecule has 0 amide bonds. The van der Waals surface area contributed by atoms with Crippen molar-refractivity contribution in [3.05, 3.63) is 65.2 Å². The molecule has 178 valence electrons. The second kappa shape index (κ2) is 9.91. The molecular weight excluding hydrogens is 436 g/mol. The van der Waals surface area contributed by atoms with E-state index in [-0.39, 0.29) is 40.4 Å². The number of benzene rings is 2. The number of para-hydroxylation sites is 1. The standard InChI is InChI=1S/C26H28N2O6/c1-15-21(10-9-18(23(15)30)20(29)11-26(2,3)4)34-14-22-27-12-16(13-28-22)17-7-6-8-19(25(31)32)24(17)33-5/h6-10,12-13,30H,11,14H2,1-5H3,(H,31,32). The van der Waals surface area contributed by atoms with E-state index in [2.05, 4.69) is 9.97 Å². The van der Waals surface area contributed by atoms with E-state index in [1.54, 1.807) is 43.6 Å². The smallest absolute Gasteiger partial charge is 0.339 e. The quantitative estimate of drug-likeness (QED) is 0.444. The number of carbonyl (C=O) groups excluding carboxylic acids is 1. The number of aromatic nitrogens is 2. The van der Waals surface area contributed by atoms with E-state index in [0.29, 0.717) is 34.7 Å². The molecule has 0 aliphatic rings. The van der Waals surface area contributed by atoms with Gasteiger partial charge in [-0.15, -0.1) is 0 Å². The molecule has 2 N–H and O–H groups in total. The number of ketones is 1. The predicted octanol–water partition coefficient (Wildman–Crippen LogP) is 5.06. The molecule has 0 atom stereocenters. The Labute approximate surface area is 198 Å². The molecule has 0 saturated heterocycles. The van der Waals surface area contributed by atoms with Gasteiger partial charge in [0.15, 0.2) is 11.6 Å². The van der Waals surface area contributed by atoms with Gasteiger partial charge in [-0.05, 0) is 30.5 Å². The minimum Gasteiger partial charge on any atom is -0.507 e. The fourth-order valence-corrected chi connectivity index (χ4v) is 3.50. The van der Waals surface area contributed by atoms with Crippen LogP contribution in [0, 0.1) is 12.3 Å². The Hall–Kier alpha value is -3.94. The maximum Gasteiger partial charge on any atom is 0.339 e. The molecule has 1 heterocycles. The Morgan fingerprint density at radius 2 is 1.71 bits per heavy atom. The predicted molar refractivity (Wildman–Crippen MR) is 127 cm³/mol. The lowest BCUT2D eigenvalue weighted by Crippen LogP contribution is -2.13. The number of carboxylic acid groups (broad SMARTS) is 1. The summed E-state index contributed by atoms with van der Waals surface area (Å²) in [5.41, 5.74) is 1.76. The maximum atomic E-state index is 12.5. The zero-order valence-corrected chi connectivity index (χ0v) is 19.9. The minimum atomic E-state index is -1.09. The van der Waals surface area contributed by atoms with Gasteiger partial charge in [-0.25, -0.2) is 14.8 Å². The highest BCUT2D eigenvalue weighted by atomic mass is 16.5. The number of rotatable bonds is 8. The highest BCUT2D eigenvalue weighted by Gasteiger charge is 2.22. The summed E-state index contributed by atoms with van der Waals surface area (Å²) in [7, 11) is 1.41. The number of Topliss-reactive ketones (excluding diaryl/α,β-unsaturated/α-hetero) is 1. The molecule has 0 spiro atoms. The van der Waals surface area contributed by atoms with E-state index in [4.69, 9.17) is 9.47 Å². The molecule has 0 fully saturated rings. The number of methoxy groups -OCH3 is 1. The molecule has 3 aromatic rings. The van der Waals surface area contributed by atoms with Crippen LogP contribution in [0.3, 0.4) is 0 Å². The van der Waals surface area contributed by atoms with E-state index in [1.807, 2.05) is 20.8 Å². The van der Waals surface area contributed by atoms with E-state index >= 15 is 0 Å². The van der Waals surface area contributed by atoms with Crippen LogP contribution >= 0.6 is 0 Å². The summed E-state index contributed by atoms with van der Waals surface area (Å²) < 4.78 is 11.1. The highest BCUT2D eigenvalue weighted by molar-refractivity contribution is 5.99. The number of phenolic OH excluding ortho intramolecular Hbond substituents is 1. The fraction of sp³-hybridized carbons (Fsp3) is 0.308. The molecule has 0 saturated carbocycles. The lowest BCUT2D eigenvalue weighted by molar-refractivity contribution is 0.0693. The van der Waals surface area contributed by atoms with Crippen molar-refractivity contribution in [3.8, 4) is 28.4 Å². The van der Waals surface area contributed by atoms with Crippen LogP contribution in [0.5, 0.6) is 17.2 Å². The number of carboxylic acids is 1. The van der Waals surface area contributed by atoms with Crippen LogP contribution in [-0.4, -0.2) is 39.0 Å². The summed E-state index contributed by atoms with van der Waals surface area (Å²) >= 11 is 0. The Morgan fingerprint density at radius 1 is 1.03 bits per heavy atom. The van der Waals surface area contributed by atoms with Gasteiger partial charge >= 0.3 is 5.97 Å². The van der Waals surface area contributed by atoms with Crippen LogP contribution in [0.4, 0.5) is 0 Å². The number of aromatic carboxylic acids is 1. The van der Waals surface area contributed by atoms with Gasteiger partial charge in [0, 0.05) is 35.5 Å². The zero-order chi connectivity index (χ0) is 25.0. The first-order chi connectivity index (χ1) is 16.0. The summed E-state index contributed by atoms with van der Waals surface area (Å²) in [6.07, 6.45) is 3.45. The number of ether oxygens (including phenoxy) is 2. The van der Waals surface area contributed by atoms with Crippen molar-refractivity contribution in [2.75, 3.05) is 7.11 Å². The van der Waals surface area contributed by atoms with Gasteiger partial charge in [0.1, 0.15) is 29.4 Å². The topological polar surface area (TPSA) is 119 Å². The fourth-order valence-electron chi connectivity index (χ4n) is 3.50. The lowest BCUT2D eigenvalue weighted by Gasteiger charge is -2.18. The highest BCUT2D eigenvalue weighted by Crippen LogP contribution is 2.34. The first-order valence-corrected chi connectivity index (χ1v) is 10.7. The summed E-state index contributed by atoms with van der Waals surface area (Å²) in [5, 5.41) is 19.9. The average Bonchev–Trinajstić information content (AvgIpc) is 2.78. The molecule has 1 aromatic heterocycles. The minimum absolute atomic E-state index is 0.0438. The van der Waals surface area contributed by atoms with Gasteiger partial charge in [-0.2, -0.15) is 0 Å². The number of carbonyl (C=O) groups is 2. The van der Waals surface area contributed by atoms with Crippen molar-refractivity contribution >= 4 is 11.8 Å². The number of hydrogen-bond acceptors (Lipinski definition) is 7. The SMILES string of the molecule is COc1c(C(=O)O)cccc1-c1cnc(COc2ccc(C(=O)CC(C)(C)C)c(O)c2C)nc1. The number of phenols is 1. The van der Waals surface area contributed by atoms with Crippen molar-refractivity contribution in [3.63, 3.8) is 0 Å². The zero-order valence-electron chi connectivity index (χ0n) is 19.9. The third kappa shape index (κ3) is 5.51. The molecule has 0 aliphatic heterocycles. The Morgan fingerprint density at radius 3 is 2.29 bits per heavy atom. The van der Waals surface area contributed by atoms with Crippen molar-refractivity contribution in [1.82, 2.24) is 9.97 Å². The maximum absolute atomic E-state index is 12.5. The third-order valence-corrected chi connectivity index (χ3v) is 5.20. The summed E-state index contributed by atoms with van der Waals surface area (Å²) in [6.45, 7) is 7.63. The normalized spacial score (nSPS) is 11.2. The second-order valence-corrected chi connectivity index (χ2v) is 9.11. The van der Waals surface area contributed by atoms with Crippen LogP contribution in [0.15, 0.2) is 42.7 Å². The Balaban J connectivity index is 1.76. The van der Waals surface area contributed by atoms with Crippen molar-refractivity contribution in [1.29, 1.82) is 0 Å². The van der Waals surface area contributed by atoms with Crippen LogP contribution in [0.2, 0.25) is 0 Å². The first kappa shape index (κ1) is 24.7. The van der Waals surface area contributed by atoms with Gasteiger partial charge in [0.25, 0.3) is 0 Å². The summed E-state index contributed by atoms with van der Waals surface area (Å²) in [6, 6.07) is 8.05. The van der Waals surface area contributed by atoms with E-state index in [9.17, 15) is 19.8 Å². The van der Waals surface area contributed by atoms with Crippen molar-refractivity contribution in [2.45, 2.75) is 40.7 Å². The van der Waals surface area contributed by atoms with Crippen LogP contribution in [0.1, 0.15) is 59.3 Å². The molecule has 0 unspecified atom stereocenters. The number of aromatic hydroxyl groups is 1. The summed E-state index contributed by atoms with van der Waals surface area (Å²) in [4.78, 5) is 32.6. The van der Waals surface area contributed by atoms with Crippen LogP contribution in [0.25, 0.3) is 11.1 Å². The van der Waals surface area contributed by atoms with Crippen molar-refractivity contribution < 1.29 is 29.3 Å². The average molecular weight is 465 g/mol.